The largest absolute Gasteiger partial charge is 0.433 e. The number of nitrogens with zero attached hydrogens (tertiary/aromatic N) is 3. The Morgan fingerprint density at radius 2 is 1.97 bits per heavy atom. The molecule has 0 amide bonds. The molecule has 0 radical (unpaired) electrons. The second-order valence-electron chi connectivity index (χ2n) is 7.47. The van der Waals surface area contributed by atoms with Crippen LogP contribution >= 0.6 is 0 Å². The lowest BCUT2D eigenvalue weighted by atomic mass is 9.83. The molecule has 0 bridgehead atoms. The third-order valence-electron chi connectivity index (χ3n) is 5.21. The van der Waals surface area contributed by atoms with Crippen LogP contribution in [-0.4, -0.2) is 55.3 Å². The number of rotatable bonds is 11. The number of guanidine groups is 1. The van der Waals surface area contributed by atoms with Gasteiger partial charge in [-0.05, 0) is 44.6 Å². The van der Waals surface area contributed by atoms with Crippen LogP contribution in [0.25, 0.3) is 0 Å². The molecule has 1 aromatic heterocycles. The van der Waals surface area contributed by atoms with E-state index in [4.69, 9.17) is 9.73 Å². The van der Waals surface area contributed by atoms with Crippen LogP contribution in [0, 0.1) is 5.41 Å². The second-order valence-corrected chi connectivity index (χ2v) is 7.47. The predicted molar refractivity (Wildman–Crippen MR) is 112 cm³/mol. The van der Waals surface area contributed by atoms with Gasteiger partial charge in [0.05, 0.1) is 0 Å². The fourth-order valence-electron chi connectivity index (χ4n) is 3.59. The number of halogens is 3. The molecule has 1 fully saturated rings. The smallest absolute Gasteiger partial charge is 0.382 e. The zero-order valence-electron chi connectivity index (χ0n) is 17.8. The van der Waals surface area contributed by atoms with Gasteiger partial charge in [-0.3, -0.25) is 4.99 Å². The lowest BCUT2D eigenvalue weighted by molar-refractivity contribution is -0.141. The van der Waals surface area contributed by atoms with E-state index >= 15 is 0 Å². The number of nitrogens with one attached hydrogen (secondary N) is 3. The maximum atomic E-state index is 12.7. The number of alkyl halides is 3. The van der Waals surface area contributed by atoms with Gasteiger partial charge < -0.3 is 20.7 Å². The Balaban J connectivity index is 1.85. The summed E-state index contributed by atoms with van der Waals surface area (Å²) in [5.41, 5.74) is -0.765. The molecule has 0 aliphatic heterocycles. The summed E-state index contributed by atoms with van der Waals surface area (Å²) in [5, 5.41) is 9.24. The average Bonchev–Trinajstić information content (AvgIpc) is 3.18. The number of ether oxygens (including phenoxy) is 1. The molecule has 0 saturated heterocycles. The highest BCUT2D eigenvalue weighted by Crippen LogP contribution is 2.41. The van der Waals surface area contributed by atoms with E-state index in [1.54, 1.807) is 0 Å². The summed E-state index contributed by atoms with van der Waals surface area (Å²) in [5.74, 6) is 0.654. The van der Waals surface area contributed by atoms with Crippen LogP contribution in [0.4, 0.5) is 19.1 Å². The van der Waals surface area contributed by atoms with Crippen LogP contribution in [0.5, 0.6) is 0 Å². The average molecular weight is 431 g/mol. The lowest BCUT2D eigenvalue weighted by Gasteiger charge is -2.27. The highest BCUT2D eigenvalue weighted by Gasteiger charge is 2.34. The van der Waals surface area contributed by atoms with Crippen LogP contribution in [0.15, 0.2) is 17.3 Å². The number of aliphatic imine (C=N–C) groups is 1. The van der Waals surface area contributed by atoms with Gasteiger partial charge in [-0.2, -0.15) is 13.2 Å². The Kier molecular flexibility index (Phi) is 9.61. The summed E-state index contributed by atoms with van der Waals surface area (Å²) in [6.07, 6.45) is 2.41. The van der Waals surface area contributed by atoms with Crippen LogP contribution in [0.2, 0.25) is 0 Å². The molecule has 10 heteroatoms. The molecule has 1 aliphatic carbocycles. The van der Waals surface area contributed by atoms with Crippen molar-refractivity contribution >= 4 is 11.9 Å². The van der Waals surface area contributed by atoms with Gasteiger partial charge in [-0.1, -0.05) is 12.8 Å². The minimum Gasteiger partial charge on any atom is -0.382 e. The van der Waals surface area contributed by atoms with E-state index in [0.717, 1.165) is 57.8 Å². The molecule has 0 unspecified atom stereocenters. The maximum absolute atomic E-state index is 12.7. The number of hydrogen-bond acceptors (Lipinski definition) is 5. The van der Waals surface area contributed by atoms with Crippen molar-refractivity contribution in [2.75, 3.05) is 44.7 Å². The molecule has 1 aromatic rings. The van der Waals surface area contributed by atoms with Gasteiger partial charge in [0, 0.05) is 45.6 Å². The first-order valence-electron chi connectivity index (χ1n) is 10.6. The Hall–Kier alpha value is -2.10. The number of aromatic nitrogens is 2. The van der Waals surface area contributed by atoms with Crippen molar-refractivity contribution in [3.63, 3.8) is 0 Å². The minimum atomic E-state index is -4.49. The third-order valence-corrected chi connectivity index (χ3v) is 5.21. The number of anilines is 1. The second kappa shape index (κ2) is 11.9. The van der Waals surface area contributed by atoms with Crippen molar-refractivity contribution in [2.24, 2.45) is 10.4 Å². The summed E-state index contributed by atoms with van der Waals surface area (Å²) in [4.78, 5) is 12.1. The molecule has 7 nitrogen and oxygen atoms in total. The first-order valence-corrected chi connectivity index (χ1v) is 10.6. The van der Waals surface area contributed by atoms with Gasteiger partial charge in [0.2, 0.25) is 5.95 Å². The van der Waals surface area contributed by atoms with E-state index in [-0.39, 0.29) is 11.4 Å². The third kappa shape index (κ3) is 7.97. The monoisotopic (exact) mass is 430 g/mol. The molecule has 170 valence electrons. The van der Waals surface area contributed by atoms with Crippen molar-refractivity contribution in [1.29, 1.82) is 0 Å². The van der Waals surface area contributed by atoms with Crippen LogP contribution in [0.1, 0.15) is 51.6 Å². The quantitative estimate of drug-likeness (QED) is 0.283. The van der Waals surface area contributed by atoms with Crippen molar-refractivity contribution in [3.05, 3.63) is 18.0 Å². The summed E-state index contributed by atoms with van der Waals surface area (Å²) in [7, 11) is 0. The Morgan fingerprint density at radius 3 is 2.63 bits per heavy atom. The summed E-state index contributed by atoms with van der Waals surface area (Å²) >= 11 is 0. The predicted octanol–water partition coefficient (Wildman–Crippen LogP) is 3.45. The minimum absolute atomic E-state index is 0.0469. The van der Waals surface area contributed by atoms with Crippen molar-refractivity contribution in [3.8, 4) is 0 Å². The van der Waals surface area contributed by atoms with Crippen molar-refractivity contribution < 1.29 is 17.9 Å². The summed E-state index contributed by atoms with van der Waals surface area (Å²) < 4.78 is 43.7. The van der Waals surface area contributed by atoms with Crippen molar-refractivity contribution in [2.45, 2.75) is 52.1 Å². The molecule has 0 spiro atoms. The SMILES string of the molecule is CCNC(=NCC1(CCOCC)CCCC1)NCCNc1nccc(C(F)(F)F)n1. The molecular formula is C20H33F3N6O. The fraction of sp³-hybridized carbons (Fsp3) is 0.750. The van der Waals surface area contributed by atoms with Crippen molar-refractivity contribution in [1.82, 2.24) is 20.6 Å². The van der Waals surface area contributed by atoms with E-state index in [9.17, 15) is 13.2 Å². The van der Waals surface area contributed by atoms with Gasteiger partial charge in [-0.25, -0.2) is 9.97 Å². The molecular weight excluding hydrogens is 397 g/mol. The first-order chi connectivity index (χ1) is 14.4. The molecule has 2 rings (SSSR count). The first kappa shape index (κ1) is 24.2. The van der Waals surface area contributed by atoms with Gasteiger partial charge >= 0.3 is 6.18 Å². The Labute approximate surface area is 176 Å². The summed E-state index contributed by atoms with van der Waals surface area (Å²) in [6.45, 7) is 7.78. The molecule has 0 aromatic carbocycles. The van der Waals surface area contributed by atoms with E-state index < -0.39 is 11.9 Å². The molecule has 1 aliphatic rings. The van der Waals surface area contributed by atoms with Crippen LogP contribution in [0.3, 0.4) is 0 Å². The van der Waals surface area contributed by atoms with E-state index in [2.05, 4.69) is 25.9 Å². The van der Waals surface area contributed by atoms with Crippen LogP contribution < -0.4 is 16.0 Å². The zero-order valence-corrected chi connectivity index (χ0v) is 17.8. The Morgan fingerprint density at radius 1 is 1.20 bits per heavy atom. The fourth-order valence-corrected chi connectivity index (χ4v) is 3.59. The van der Waals surface area contributed by atoms with Gasteiger partial charge in [0.1, 0.15) is 5.69 Å². The number of hydrogen-bond donors (Lipinski definition) is 3. The molecule has 1 saturated carbocycles. The van der Waals surface area contributed by atoms with E-state index in [1.165, 1.54) is 12.8 Å². The van der Waals surface area contributed by atoms with Gasteiger partial charge in [0.15, 0.2) is 5.96 Å². The summed E-state index contributed by atoms with van der Waals surface area (Å²) in [6, 6.07) is 0.851. The van der Waals surface area contributed by atoms with E-state index in [0.29, 0.717) is 19.0 Å². The molecule has 0 atom stereocenters. The highest BCUT2D eigenvalue weighted by atomic mass is 19.4. The van der Waals surface area contributed by atoms with Gasteiger partial charge in [0.25, 0.3) is 0 Å². The Bertz CT molecular complexity index is 662. The standard InChI is InChI=1S/C20H33F3N6O/c1-3-24-17(28-15-19(8-5-6-9-19)10-14-30-4-2)26-12-13-27-18-25-11-7-16(29-18)20(21,22)23/h7,11H,3-6,8-10,12-15H2,1-2H3,(H2,24,26,28)(H,25,27,29). The zero-order chi connectivity index (χ0) is 21.9. The van der Waals surface area contributed by atoms with Crippen LogP contribution in [-0.2, 0) is 10.9 Å². The van der Waals surface area contributed by atoms with E-state index in [1.807, 2.05) is 13.8 Å². The molecule has 30 heavy (non-hydrogen) atoms. The lowest BCUT2D eigenvalue weighted by Crippen LogP contribution is -2.40. The molecule has 1 heterocycles. The van der Waals surface area contributed by atoms with Gasteiger partial charge in [-0.15, -0.1) is 0 Å². The topological polar surface area (TPSA) is 83.5 Å². The molecule has 3 N–H and O–H groups in total. The maximum Gasteiger partial charge on any atom is 0.433 e. The normalized spacial score (nSPS) is 16.5. The highest BCUT2D eigenvalue weighted by molar-refractivity contribution is 5.79.